The van der Waals surface area contributed by atoms with E-state index < -0.39 is 0 Å². The Hall–Kier alpha value is -1.56. The lowest BCUT2D eigenvalue weighted by molar-refractivity contribution is 0.191. The van der Waals surface area contributed by atoms with Gasteiger partial charge in [-0.2, -0.15) is 5.10 Å². The number of methoxy groups -OCH3 is 1. The van der Waals surface area contributed by atoms with Crippen LogP contribution in [0.1, 0.15) is 31.9 Å². The van der Waals surface area contributed by atoms with Gasteiger partial charge in [0.05, 0.1) is 5.69 Å². The van der Waals surface area contributed by atoms with Gasteiger partial charge in [0.15, 0.2) is 5.65 Å². The lowest BCUT2D eigenvalue weighted by atomic mass is 10.2. The number of nitrogens with zero attached hydrogens (tertiary/aromatic N) is 4. The molecule has 0 bridgehead atoms. The summed E-state index contributed by atoms with van der Waals surface area (Å²) in [6.07, 6.45) is 4.05. The Morgan fingerprint density at radius 3 is 2.79 bits per heavy atom. The molecule has 2 aromatic heterocycles. The van der Waals surface area contributed by atoms with E-state index in [9.17, 15) is 0 Å². The Labute approximate surface area is 113 Å². The second kappa shape index (κ2) is 6.06. The first-order valence-electron chi connectivity index (χ1n) is 6.85. The van der Waals surface area contributed by atoms with Crippen LogP contribution in [0, 0.1) is 0 Å². The quantitative estimate of drug-likeness (QED) is 0.774. The fourth-order valence-electron chi connectivity index (χ4n) is 2.40. The van der Waals surface area contributed by atoms with Gasteiger partial charge in [-0.1, -0.05) is 13.3 Å². The normalized spacial score (nSPS) is 11.5. The molecule has 0 amide bonds. The maximum atomic E-state index is 6.03. The van der Waals surface area contributed by atoms with Gasteiger partial charge in [0.2, 0.25) is 5.95 Å². The molecule has 6 nitrogen and oxygen atoms in total. The highest BCUT2D eigenvalue weighted by molar-refractivity contribution is 5.77. The number of aromatic nitrogens is 4. The minimum atomic E-state index is 0.581. The summed E-state index contributed by atoms with van der Waals surface area (Å²) in [4.78, 5) is 4.48. The molecule has 0 aliphatic rings. The Balaban J connectivity index is 2.25. The van der Waals surface area contributed by atoms with Crippen LogP contribution in [-0.4, -0.2) is 33.0 Å². The van der Waals surface area contributed by atoms with Gasteiger partial charge in [-0.15, -0.1) is 0 Å². The number of nitrogens with two attached hydrogens (primary N) is 1. The molecular formula is C13H23N5O. The molecule has 0 saturated carbocycles. The van der Waals surface area contributed by atoms with Gasteiger partial charge < -0.3 is 10.5 Å². The van der Waals surface area contributed by atoms with Gasteiger partial charge >= 0.3 is 0 Å². The fourth-order valence-corrected chi connectivity index (χ4v) is 2.40. The van der Waals surface area contributed by atoms with Crippen molar-refractivity contribution in [2.45, 2.75) is 39.2 Å². The lowest BCUT2D eigenvalue weighted by Crippen LogP contribution is -2.07. The van der Waals surface area contributed by atoms with Crippen molar-refractivity contribution in [3.8, 4) is 0 Å². The summed E-state index contributed by atoms with van der Waals surface area (Å²) >= 11 is 0. The summed E-state index contributed by atoms with van der Waals surface area (Å²) in [5.74, 6) is 0.581. The maximum absolute atomic E-state index is 6.03. The van der Waals surface area contributed by atoms with Crippen LogP contribution in [0.15, 0.2) is 0 Å². The number of anilines is 1. The van der Waals surface area contributed by atoms with Crippen LogP contribution < -0.4 is 5.73 Å². The monoisotopic (exact) mass is 265 g/mol. The first kappa shape index (κ1) is 13.9. The summed E-state index contributed by atoms with van der Waals surface area (Å²) in [6.45, 7) is 3.78. The number of hydrogen-bond donors (Lipinski definition) is 1. The summed E-state index contributed by atoms with van der Waals surface area (Å²) < 4.78 is 9.01. The summed E-state index contributed by atoms with van der Waals surface area (Å²) in [5.41, 5.74) is 9.05. The topological polar surface area (TPSA) is 70.9 Å². The standard InChI is InChI=1S/C13H23N5O/c1-4-7-10-11-12(17(2)16-10)18(13(14)15-11)8-5-6-9-19-3/h4-9H2,1-3H3,(H2,14,15). The van der Waals surface area contributed by atoms with Gasteiger partial charge in [0.25, 0.3) is 0 Å². The van der Waals surface area contributed by atoms with Crippen molar-refractivity contribution in [2.75, 3.05) is 19.5 Å². The second-order valence-electron chi connectivity index (χ2n) is 4.81. The maximum Gasteiger partial charge on any atom is 0.202 e. The molecule has 2 rings (SSSR count). The average Bonchev–Trinajstić information content (AvgIpc) is 2.85. The van der Waals surface area contributed by atoms with E-state index in [-0.39, 0.29) is 0 Å². The molecule has 19 heavy (non-hydrogen) atoms. The van der Waals surface area contributed by atoms with E-state index in [0.29, 0.717) is 5.95 Å². The molecule has 2 N–H and O–H groups in total. The zero-order chi connectivity index (χ0) is 13.8. The number of nitrogen functional groups attached to an aromatic ring is 1. The van der Waals surface area contributed by atoms with E-state index in [0.717, 1.165) is 55.7 Å². The van der Waals surface area contributed by atoms with E-state index in [1.165, 1.54) is 0 Å². The molecule has 0 aliphatic carbocycles. The van der Waals surface area contributed by atoms with Gasteiger partial charge in [0, 0.05) is 27.3 Å². The predicted octanol–water partition coefficient (Wildman–Crippen LogP) is 1.73. The predicted molar refractivity (Wildman–Crippen MR) is 76.0 cm³/mol. The highest BCUT2D eigenvalue weighted by Gasteiger charge is 2.16. The van der Waals surface area contributed by atoms with E-state index >= 15 is 0 Å². The molecule has 0 aromatic carbocycles. The van der Waals surface area contributed by atoms with Crippen LogP contribution in [0.2, 0.25) is 0 Å². The first-order chi connectivity index (χ1) is 9.19. The Bertz CT molecular complexity index is 543. The summed E-state index contributed by atoms with van der Waals surface area (Å²) in [7, 11) is 3.68. The van der Waals surface area contributed by atoms with Crippen LogP contribution in [0.4, 0.5) is 5.95 Å². The molecular weight excluding hydrogens is 242 g/mol. The number of ether oxygens (including phenoxy) is 1. The number of imidazole rings is 1. The van der Waals surface area contributed by atoms with Gasteiger partial charge in [-0.3, -0.25) is 9.25 Å². The lowest BCUT2D eigenvalue weighted by Gasteiger charge is -2.06. The second-order valence-corrected chi connectivity index (χ2v) is 4.81. The number of rotatable bonds is 7. The smallest absolute Gasteiger partial charge is 0.202 e. The Kier molecular flexibility index (Phi) is 4.42. The van der Waals surface area contributed by atoms with Crippen LogP contribution in [-0.2, 0) is 24.8 Å². The van der Waals surface area contributed by atoms with Gasteiger partial charge in [-0.05, 0) is 19.3 Å². The van der Waals surface area contributed by atoms with Gasteiger partial charge in [-0.25, -0.2) is 4.98 Å². The highest BCUT2D eigenvalue weighted by Crippen LogP contribution is 2.22. The minimum Gasteiger partial charge on any atom is -0.385 e. The van der Waals surface area contributed by atoms with Crippen molar-refractivity contribution in [3.05, 3.63) is 5.69 Å². The van der Waals surface area contributed by atoms with Crippen molar-refractivity contribution >= 4 is 17.1 Å². The first-order valence-corrected chi connectivity index (χ1v) is 6.85. The molecule has 0 fully saturated rings. The summed E-state index contributed by atoms with van der Waals surface area (Å²) in [5, 5.41) is 4.54. The molecule has 0 aliphatic heterocycles. The van der Waals surface area contributed by atoms with Crippen molar-refractivity contribution in [1.29, 1.82) is 0 Å². The molecule has 106 valence electrons. The molecule has 0 saturated heterocycles. The molecule has 2 aromatic rings. The third-order valence-corrected chi connectivity index (χ3v) is 3.29. The minimum absolute atomic E-state index is 0.581. The number of unbranched alkanes of at least 4 members (excludes halogenated alkanes) is 1. The number of aryl methyl sites for hydroxylation is 3. The van der Waals surface area contributed by atoms with Crippen molar-refractivity contribution < 1.29 is 4.74 Å². The average molecular weight is 265 g/mol. The molecule has 0 unspecified atom stereocenters. The molecule has 0 radical (unpaired) electrons. The SMILES string of the molecule is CCCc1nn(C)c2c1nc(N)n2CCCCOC. The van der Waals surface area contributed by atoms with E-state index in [2.05, 4.69) is 21.6 Å². The van der Waals surface area contributed by atoms with Crippen molar-refractivity contribution in [1.82, 2.24) is 19.3 Å². The van der Waals surface area contributed by atoms with Gasteiger partial charge in [0.1, 0.15) is 5.52 Å². The van der Waals surface area contributed by atoms with E-state index in [1.807, 2.05) is 11.7 Å². The zero-order valence-electron chi connectivity index (χ0n) is 12.0. The third-order valence-electron chi connectivity index (χ3n) is 3.29. The van der Waals surface area contributed by atoms with Crippen molar-refractivity contribution in [3.63, 3.8) is 0 Å². The fraction of sp³-hybridized carbons (Fsp3) is 0.692. The Morgan fingerprint density at radius 2 is 2.11 bits per heavy atom. The largest absolute Gasteiger partial charge is 0.385 e. The van der Waals surface area contributed by atoms with Crippen LogP contribution in [0.5, 0.6) is 0 Å². The third kappa shape index (κ3) is 2.73. The number of hydrogen-bond acceptors (Lipinski definition) is 4. The highest BCUT2D eigenvalue weighted by atomic mass is 16.5. The summed E-state index contributed by atoms with van der Waals surface area (Å²) in [6, 6.07) is 0. The van der Waals surface area contributed by atoms with E-state index in [1.54, 1.807) is 7.11 Å². The number of fused-ring (bicyclic) bond motifs is 1. The zero-order valence-corrected chi connectivity index (χ0v) is 12.0. The van der Waals surface area contributed by atoms with Crippen LogP contribution in [0.3, 0.4) is 0 Å². The van der Waals surface area contributed by atoms with Crippen LogP contribution >= 0.6 is 0 Å². The van der Waals surface area contributed by atoms with Crippen LogP contribution in [0.25, 0.3) is 11.2 Å². The van der Waals surface area contributed by atoms with E-state index in [4.69, 9.17) is 10.5 Å². The molecule has 2 heterocycles. The molecule has 0 atom stereocenters. The Morgan fingerprint density at radius 1 is 1.32 bits per heavy atom. The molecule has 6 heteroatoms. The molecule has 0 spiro atoms. The van der Waals surface area contributed by atoms with Crippen molar-refractivity contribution in [2.24, 2.45) is 7.05 Å².